The molecule has 7 heteroatoms. The highest BCUT2D eigenvalue weighted by Gasteiger charge is 2.32. The SMILES string of the molecule is COCCN(Cc1ccc(Cl)cn1)C1CCS(=O)(=O)C1. The van der Waals surface area contributed by atoms with Crippen molar-refractivity contribution in [3.8, 4) is 0 Å². The highest BCUT2D eigenvalue weighted by molar-refractivity contribution is 7.91. The molecule has 0 radical (unpaired) electrons. The Hall–Kier alpha value is -0.690. The Labute approximate surface area is 124 Å². The Morgan fingerprint density at radius 1 is 1.50 bits per heavy atom. The van der Waals surface area contributed by atoms with Gasteiger partial charge in [-0.2, -0.15) is 0 Å². The summed E-state index contributed by atoms with van der Waals surface area (Å²) in [7, 11) is -1.25. The maximum Gasteiger partial charge on any atom is 0.151 e. The smallest absolute Gasteiger partial charge is 0.151 e. The van der Waals surface area contributed by atoms with Crippen LogP contribution < -0.4 is 0 Å². The number of halogens is 1. The van der Waals surface area contributed by atoms with Crippen molar-refractivity contribution in [3.05, 3.63) is 29.0 Å². The van der Waals surface area contributed by atoms with Gasteiger partial charge in [-0.15, -0.1) is 0 Å². The second-order valence-electron chi connectivity index (χ2n) is 4.99. The number of methoxy groups -OCH3 is 1. The fraction of sp³-hybridized carbons (Fsp3) is 0.615. The molecule has 5 nitrogen and oxygen atoms in total. The third kappa shape index (κ3) is 4.41. The van der Waals surface area contributed by atoms with Gasteiger partial charge in [0, 0.05) is 32.4 Å². The van der Waals surface area contributed by atoms with Crippen LogP contribution in [0.5, 0.6) is 0 Å². The lowest BCUT2D eigenvalue weighted by molar-refractivity contribution is 0.120. The summed E-state index contributed by atoms with van der Waals surface area (Å²) >= 11 is 5.82. The normalized spacial score (nSPS) is 21.4. The van der Waals surface area contributed by atoms with Crippen LogP contribution in [0.3, 0.4) is 0 Å². The molecule has 1 aromatic heterocycles. The third-order valence-electron chi connectivity index (χ3n) is 3.46. The second-order valence-corrected chi connectivity index (χ2v) is 7.65. The molecule has 1 unspecified atom stereocenters. The molecular weight excluding hydrogens is 300 g/mol. The number of rotatable bonds is 6. The van der Waals surface area contributed by atoms with Gasteiger partial charge in [-0.25, -0.2) is 8.42 Å². The summed E-state index contributed by atoms with van der Waals surface area (Å²) in [4.78, 5) is 6.40. The van der Waals surface area contributed by atoms with Gasteiger partial charge < -0.3 is 4.74 Å². The number of hydrogen-bond donors (Lipinski definition) is 0. The largest absolute Gasteiger partial charge is 0.383 e. The first-order chi connectivity index (χ1) is 9.50. The van der Waals surface area contributed by atoms with Crippen LogP contribution in [-0.2, 0) is 21.1 Å². The molecule has 1 aromatic rings. The maximum absolute atomic E-state index is 11.6. The van der Waals surface area contributed by atoms with Gasteiger partial charge in [-0.3, -0.25) is 9.88 Å². The lowest BCUT2D eigenvalue weighted by atomic mass is 10.2. The second kappa shape index (κ2) is 6.85. The first kappa shape index (κ1) is 15.7. The van der Waals surface area contributed by atoms with Gasteiger partial charge in [0.15, 0.2) is 9.84 Å². The molecule has 0 amide bonds. The van der Waals surface area contributed by atoms with Gasteiger partial charge in [0.05, 0.1) is 28.8 Å². The van der Waals surface area contributed by atoms with Gasteiger partial charge in [-0.05, 0) is 18.6 Å². The van der Waals surface area contributed by atoms with Crippen LogP contribution in [0.2, 0.25) is 5.02 Å². The van der Waals surface area contributed by atoms with Gasteiger partial charge >= 0.3 is 0 Å². The van der Waals surface area contributed by atoms with Gasteiger partial charge in [0.25, 0.3) is 0 Å². The van der Waals surface area contributed by atoms with E-state index >= 15 is 0 Å². The lowest BCUT2D eigenvalue weighted by Crippen LogP contribution is -2.38. The van der Waals surface area contributed by atoms with Crippen LogP contribution in [0, 0.1) is 0 Å². The summed E-state index contributed by atoms with van der Waals surface area (Å²) < 4.78 is 28.4. The summed E-state index contributed by atoms with van der Waals surface area (Å²) in [5.74, 6) is 0.500. The molecule has 1 aliphatic rings. The van der Waals surface area contributed by atoms with E-state index in [1.54, 1.807) is 19.4 Å². The number of nitrogens with zero attached hydrogens (tertiary/aromatic N) is 2. The first-order valence-corrected chi connectivity index (χ1v) is 8.74. The van der Waals surface area contributed by atoms with Crippen molar-refractivity contribution in [3.63, 3.8) is 0 Å². The zero-order valence-electron chi connectivity index (χ0n) is 11.5. The van der Waals surface area contributed by atoms with E-state index < -0.39 is 9.84 Å². The van der Waals surface area contributed by atoms with Crippen molar-refractivity contribution < 1.29 is 13.2 Å². The molecule has 0 aliphatic carbocycles. The molecule has 112 valence electrons. The minimum absolute atomic E-state index is 0.0487. The van der Waals surface area contributed by atoms with E-state index in [1.807, 2.05) is 6.07 Å². The first-order valence-electron chi connectivity index (χ1n) is 6.54. The van der Waals surface area contributed by atoms with Crippen LogP contribution in [0.15, 0.2) is 18.3 Å². The molecule has 1 atom stereocenters. The fourth-order valence-corrected chi connectivity index (χ4v) is 4.24. The van der Waals surface area contributed by atoms with Crippen molar-refractivity contribution in [2.75, 3.05) is 31.8 Å². The number of hydrogen-bond acceptors (Lipinski definition) is 5. The number of aromatic nitrogens is 1. The zero-order chi connectivity index (χ0) is 14.6. The Bertz CT molecular complexity index is 533. The quantitative estimate of drug-likeness (QED) is 0.793. The predicted octanol–water partition coefficient (Wildman–Crippen LogP) is 1.37. The fourth-order valence-electron chi connectivity index (χ4n) is 2.37. The molecule has 1 aliphatic heterocycles. The van der Waals surface area contributed by atoms with Crippen LogP contribution >= 0.6 is 11.6 Å². The monoisotopic (exact) mass is 318 g/mol. The van der Waals surface area contributed by atoms with Crippen molar-refractivity contribution in [2.24, 2.45) is 0 Å². The highest BCUT2D eigenvalue weighted by atomic mass is 35.5. The van der Waals surface area contributed by atoms with E-state index in [-0.39, 0.29) is 17.5 Å². The van der Waals surface area contributed by atoms with Crippen LogP contribution in [0.4, 0.5) is 0 Å². The zero-order valence-corrected chi connectivity index (χ0v) is 13.0. The van der Waals surface area contributed by atoms with Crippen molar-refractivity contribution in [1.29, 1.82) is 0 Å². The van der Waals surface area contributed by atoms with Crippen LogP contribution in [0.1, 0.15) is 12.1 Å². The van der Waals surface area contributed by atoms with Gasteiger partial charge in [-0.1, -0.05) is 11.6 Å². The Balaban J connectivity index is 2.05. The van der Waals surface area contributed by atoms with E-state index in [0.29, 0.717) is 31.1 Å². The topological polar surface area (TPSA) is 59.5 Å². The summed E-state index contributed by atoms with van der Waals surface area (Å²) in [5.41, 5.74) is 0.884. The molecule has 1 fully saturated rings. The summed E-state index contributed by atoms with van der Waals surface area (Å²) in [6.07, 6.45) is 2.29. The van der Waals surface area contributed by atoms with Gasteiger partial charge in [0.1, 0.15) is 0 Å². The summed E-state index contributed by atoms with van der Waals surface area (Å²) in [5, 5.41) is 0.598. The van der Waals surface area contributed by atoms with Crippen molar-refractivity contribution in [2.45, 2.75) is 19.0 Å². The van der Waals surface area contributed by atoms with Crippen LogP contribution in [0.25, 0.3) is 0 Å². The average Bonchev–Trinajstić information content (AvgIpc) is 2.77. The summed E-state index contributed by atoms with van der Waals surface area (Å²) in [6, 6.07) is 3.71. The van der Waals surface area contributed by atoms with E-state index in [9.17, 15) is 8.42 Å². The Morgan fingerprint density at radius 2 is 2.30 bits per heavy atom. The molecule has 2 heterocycles. The Kier molecular flexibility index (Phi) is 5.37. The maximum atomic E-state index is 11.6. The average molecular weight is 319 g/mol. The molecule has 0 N–H and O–H groups in total. The predicted molar refractivity (Wildman–Crippen MR) is 78.6 cm³/mol. The highest BCUT2D eigenvalue weighted by Crippen LogP contribution is 2.19. The number of pyridine rings is 1. The number of ether oxygens (including phenoxy) is 1. The molecule has 0 saturated carbocycles. The van der Waals surface area contributed by atoms with Crippen LogP contribution in [-0.4, -0.2) is 56.1 Å². The molecular formula is C13H19ClN2O3S. The van der Waals surface area contributed by atoms with E-state index in [0.717, 1.165) is 5.69 Å². The molecule has 0 aromatic carbocycles. The summed E-state index contributed by atoms with van der Waals surface area (Å²) in [6.45, 7) is 1.88. The third-order valence-corrected chi connectivity index (χ3v) is 5.44. The molecule has 1 saturated heterocycles. The minimum atomic E-state index is -2.89. The Morgan fingerprint density at radius 3 is 2.85 bits per heavy atom. The van der Waals surface area contributed by atoms with E-state index in [1.165, 1.54) is 0 Å². The lowest BCUT2D eigenvalue weighted by Gasteiger charge is -2.27. The molecule has 0 bridgehead atoms. The van der Waals surface area contributed by atoms with Gasteiger partial charge in [0.2, 0.25) is 0 Å². The van der Waals surface area contributed by atoms with E-state index in [2.05, 4.69) is 9.88 Å². The molecule has 0 spiro atoms. The molecule has 2 rings (SSSR count). The molecule has 20 heavy (non-hydrogen) atoms. The van der Waals surface area contributed by atoms with Crippen molar-refractivity contribution >= 4 is 21.4 Å². The minimum Gasteiger partial charge on any atom is -0.383 e. The standard InChI is InChI=1S/C13H19ClN2O3S/c1-19-6-5-16(13-4-7-20(17,18)10-13)9-12-3-2-11(14)8-15-12/h2-3,8,13H,4-7,9-10H2,1H3. The number of sulfone groups is 1. The van der Waals surface area contributed by atoms with E-state index in [4.69, 9.17) is 16.3 Å². The van der Waals surface area contributed by atoms with Crippen molar-refractivity contribution in [1.82, 2.24) is 9.88 Å².